The summed E-state index contributed by atoms with van der Waals surface area (Å²) in [6.45, 7) is 1.14. The molecular weight excluding hydrogens is 390 g/mol. The number of hydrogen-bond acceptors (Lipinski definition) is 5. The molecular formula is C17H25N3O5S2. The van der Waals surface area contributed by atoms with Gasteiger partial charge >= 0.3 is 0 Å². The van der Waals surface area contributed by atoms with E-state index in [1.54, 1.807) is 17.0 Å². The topological polar surface area (TPSA) is 95.1 Å². The average molecular weight is 416 g/mol. The molecule has 0 saturated carbocycles. The van der Waals surface area contributed by atoms with Gasteiger partial charge in [0.2, 0.25) is 26.0 Å². The number of hydrogen-bond donors (Lipinski definition) is 0. The van der Waals surface area contributed by atoms with E-state index in [4.69, 9.17) is 0 Å². The van der Waals surface area contributed by atoms with Gasteiger partial charge in [-0.25, -0.2) is 25.4 Å². The van der Waals surface area contributed by atoms with Gasteiger partial charge in [0.25, 0.3) is 0 Å². The molecule has 1 aromatic carbocycles. The number of benzene rings is 1. The molecule has 1 atom stereocenters. The molecule has 0 spiro atoms. The number of nitrogens with zero attached hydrogens (tertiary/aromatic N) is 3. The van der Waals surface area contributed by atoms with Gasteiger partial charge in [-0.1, -0.05) is 0 Å². The molecule has 8 nitrogen and oxygen atoms in total. The largest absolute Gasteiger partial charge is 0.312 e. The fraction of sp³-hybridized carbons (Fsp3) is 0.588. The van der Waals surface area contributed by atoms with Crippen molar-refractivity contribution in [2.24, 2.45) is 5.92 Å². The second kappa shape index (κ2) is 7.16. The van der Waals surface area contributed by atoms with Crippen molar-refractivity contribution in [2.45, 2.75) is 24.2 Å². The monoisotopic (exact) mass is 415 g/mol. The van der Waals surface area contributed by atoms with Crippen molar-refractivity contribution < 1.29 is 21.6 Å². The highest BCUT2D eigenvalue weighted by Gasteiger charge is 2.35. The van der Waals surface area contributed by atoms with E-state index in [1.807, 2.05) is 0 Å². The molecule has 1 saturated heterocycles. The molecule has 0 aliphatic carbocycles. The van der Waals surface area contributed by atoms with E-state index in [-0.39, 0.29) is 23.3 Å². The maximum Gasteiger partial charge on any atom is 0.242 e. The third kappa shape index (κ3) is 3.89. The lowest BCUT2D eigenvalue weighted by Crippen LogP contribution is -2.46. The number of piperidine rings is 1. The third-order valence-corrected chi connectivity index (χ3v) is 8.27. The van der Waals surface area contributed by atoms with Gasteiger partial charge in [0.1, 0.15) is 0 Å². The SMILES string of the molecule is CN(C)S(=O)(=O)c1ccc2c(c1)CCN2C(=O)[C@H]1CCCN(S(C)(=O)=O)C1. The first-order valence-electron chi connectivity index (χ1n) is 8.84. The standard InChI is InChI=1S/C17H25N3O5S2/c1-18(2)27(24,25)15-6-7-16-13(11-15)8-10-20(16)17(21)14-5-4-9-19(12-14)26(3,22)23/h6-7,11,14H,4-5,8-10,12H2,1-3H3/t14-/m0/s1. The second-order valence-corrected chi connectivity index (χ2v) is 11.4. The predicted molar refractivity (Wildman–Crippen MR) is 103 cm³/mol. The summed E-state index contributed by atoms with van der Waals surface area (Å²) < 4.78 is 50.7. The van der Waals surface area contributed by atoms with E-state index in [2.05, 4.69) is 0 Å². The Kier molecular flexibility index (Phi) is 5.37. The van der Waals surface area contributed by atoms with E-state index in [0.717, 1.165) is 16.1 Å². The normalized spacial score (nSPS) is 21.5. The van der Waals surface area contributed by atoms with Crippen LogP contribution in [-0.4, -0.2) is 71.3 Å². The lowest BCUT2D eigenvalue weighted by Gasteiger charge is -2.32. The Hall–Kier alpha value is -1.49. The lowest BCUT2D eigenvalue weighted by atomic mass is 9.98. The molecule has 150 valence electrons. The van der Waals surface area contributed by atoms with Crippen molar-refractivity contribution in [1.29, 1.82) is 0 Å². The summed E-state index contributed by atoms with van der Waals surface area (Å²) in [5, 5.41) is 0. The molecule has 2 aliphatic rings. The van der Waals surface area contributed by atoms with Gasteiger partial charge in [-0.15, -0.1) is 0 Å². The second-order valence-electron chi connectivity index (χ2n) is 7.28. The zero-order valence-corrected chi connectivity index (χ0v) is 17.4. The lowest BCUT2D eigenvalue weighted by molar-refractivity contribution is -0.123. The van der Waals surface area contributed by atoms with Gasteiger partial charge < -0.3 is 4.90 Å². The molecule has 0 radical (unpaired) electrons. The number of carbonyl (C=O) groups is 1. The summed E-state index contributed by atoms with van der Waals surface area (Å²) in [6, 6.07) is 4.82. The fourth-order valence-electron chi connectivity index (χ4n) is 3.64. The van der Waals surface area contributed by atoms with Crippen molar-refractivity contribution in [3.05, 3.63) is 23.8 Å². The van der Waals surface area contributed by atoms with Crippen LogP contribution in [0.4, 0.5) is 5.69 Å². The minimum atomic E-state index is -3.52. The molecule has 0 N–H and O–H groups in total. The molecule has 1 aromatic rings. The molecule has 0 bridgehead atoms. The average Bonchev–Trinajstić information content (AvgIpc) is 3.03. The van der Waals surface area contributed by atoms with Crippen molar-refractivity contribution >= 4 is 31.6 Å². The first-order valence-corrected chi connectivity index (χ1v) is 12.1. The molecule has 3 rings (SSSR count). The molecule has 27 heavy (non-hydrogen) atoms. The Morgan fingerprint density at radius 3 is 2.48 bits per heavy atom. The first-order chi connectivity index (χ1) is 12.5. The summed E-state index contributed by atoms with van der Waals surface area (Å²) in [5.74, 6) is -0.463. The van der Waals surface area contributed by atoms with Gasteiger partial charge in [-0.05, 0) is 43.0 Å². The van der Waals surface area contributed by atoms with Crippen molar-refractivity contribution in [3.8, 4) is 0 Å². The van der Waals surface area contributed by atoms with Crippen LogP contribution in [0.1, 0.15) is 18.4 Å². The zero-order chi connectivity index (χ0) is 20.0. The number of sulfonamides is 2. The molecule has 2 aliphatic heterocycles. The highest BCUT2D eigenvalue weighted by molar-refractivity contribution is 7.89. The van der Waals surface area contributed by atoms with Gasteiger partial charge in [-0.3, -0.25) is 4.79 Å². The Morgan fingerprint density at radius 2 is 1.85 bits per heavy atom. The van der Waals surface area contributed by atoms with Crippen molar-refractivity contribution in [3.63, 3.8) is 0 Å². The van der Waals surface area contributed by atoms with Gasteiger partial charge in [0.05, 0.1) is 17.1 Å². The molecule has 2 heterocycles. The maximum absolute atomic E-state index is 13.0. The van der Waals surface area contributed by atoms with Crippen LogP contribution in [0, 0.1) is 5.92 Å². The fourth-order valence-corrected chi connectivity index (χ4v) is 5.51. The molecule has 0 unspecified atom stereocenters. The Bertz CT molecular complexity index is 957. The van der Waals surface area contributed by atoms with Crippen LogP contribution in [0.15, 0.2) is 23.1 Å². The number of rotatable bonds is 4. The van der Waals surface area contributed by atoms with Gasteiger partial charge in [0, 0.05) is 39.4 Å². The molecule has 0 aromatic heterocycles. The summed E-state index contributed by atoms with van der Waals surface area (Å²) in [5.41, 5.74) is 1.54. The van der Waals surface area contributed by atoms with Crippen LogP contribution in [0.3, 0.4) is 0 Å². The number of amides is 1. The van der Waals surface area contributed by atoms with Crippen LogP contribution in [0.5, 0.6) is 0 Å². The first kappa shape index (κ1) is 20.2. The van der Waals surface area contributed by atoms with Gasteiger partial charge in [0.15, 0.2) is 0 Å². The van der Waals surface area contributed by atoms with E-state index in [9.17, 15) is 21.6 Å². The minimum absolute atomic E-state index is 0.0923. The minimum Gasteiger partial charge on any atom is -0.312 e. The van der Waals surface area contributed by atoms with E-state index >= 15 is 0 Å². The smallest absolute Gasteiger partial charge is 0.242 e. The van der Waals surface area contributed by atoms with Crippen LogP contribution in [0.2, 0.25) is 0 Å². The molecule has 10 heteroatoms. The van der Waals surface area contributed by atoms with Crippen molar-refractivity contribution in [2.75, 3.05) is 44.9 Å². The quantitative estimate of drug-likeness (QED) is 0.714. The summed E-state index contributed by atoms with van der Waals surface area (Å²) in [7, 11) is -3.88. The van der Waals surface area contributed by atoms with Crippen molar-refractivity contribution in [1.82, 2.24) is 8.61 Å². The summed E-state index contributed by atoms with van der Waals surface area (Å²) >= 11 is 0. The zero-order valence-electron chi connectivity index (χ0n) is 15.8. The summed E-state index contributed by atoms with van der Waals surface area (Å²) in [4.78, 5) is 14.9. The van der Waals surface area contributed by atoms with Crippen LogP contribution in [-0.2, 0) is 31.3 Å². The third-order valence-electron chi connectivity index (χ3n) is 5.19. The molecule has 1 amide bonds. The summed E-state index contributed by atoms with van der Waals surface area (Å²) in [6.07, 6.45) is 3.06. The maximum atomic E-state index is 13.0. The molecule has 1 fully saturated rings. The Balaban J connectivity index is 1.82. The number of anilines is 1. The van der Waals surface area contributed by atoms with E-state index in [0.29, 0.717) is 38.0 Å². The van der Waals surface area contributed by atoms with Crippen LogP contribution < -0.4 is 4.90 Å². The number of fused-ring (bicyclic) bond motifs is 1. The van der Waals surface area contributed by atoms with Crippen LogP contribution >= 0.6 is 0 Å². The van der Waals surface area contributed by atoms with E-state index in [1.165, 1.54) is 24.5 Å². The number of carbonyl (C=O) groups excluding carboxylic acids is 1. The highest BCUT2D eigenvalue weighted by Crippen LogP contribution is 2.33. The van der Waals surface area contributed by atoms with Crippen LogP contribution in [0.25, 0.3) is 0 Å². The highest BCUT2D eigenvalue weighted by atomic mass is 32.2. The van der Waals surface area contributed by atoms with Gasteiger partial charge in [-0.2, -0.15) is 0 Å². The Labute approximate surface area is 160 Å². The predicted octanol–water partition coefficient (Wildman–Crippen LogP) is 0.498. The van der Waals surface area contributed by atoms with E-state index < -0.39 is 20.0 Å². The Morgan fingerprint density at radius 1 is 1.15 bits per heavy atom.